The predicted octanol–water partition coefficient (Wildman–Crippen LogP) is 5.19. The van der Waals surface area contributed by atoms with Crippen molar-refractivity contribution in [3.8, 4) is 5.75 Å². The Labute approximate surface area is 219 Å². The Hall–Kier alpha value is -2.53. The van der Waals surface area contributed by atoms with Crippen molar-refractivity contribution in [1.29, 1.82) is 0 Å². The van der Waals surface area contributed by atoms with Crippen molar-refractivity contribution in [1.82, 2.24) is 14.9 Å². The first-order valence-electron chi connectivity index (χ1n) is 12.2. The fourth-order valence-corrected chi connectivity index (χ4v) is 5.78. The fraction of sp³-hybridized carbons (Fsp3) is 0.423. The molecule has 2 aromatic heterocycles. The van der Waals surface area contributed by atoms with Gasteiger partial charge in [0.1, 0.15) is 11.4 Å². The summed E-state index contributed by atoms with van der Waals surface area (Å²) in [6, 6.07) is 5.55. The predicted molar refractivity (Wildman–Crippen MR) is 143 cm³/mol. The van der Waals surface area contributed by atoms with Crippen LogP contribution in [0.4, 0.5) is 8.78 Å². The normalized spacial score (nSPS) is 14.6. The molecule has 0 radical (unpaired) electrons. The lowest BCUT2D eigenvalue weighted by Gasteiger charge is -2.20. The molecule has 0 saturated carbocycles. The number of fused-ring (bicyclic) bond motifs is 3. The van der Waals surface area contributed by atoms with Gasteiger partial charge in [-0.05, 0) is 48.6 Å². The number of rotatable bonds is 12. The van der Waals surface area contributed by atoms with Crippen molar-refractivity contribution in [2.45, 2.75) is 32.6 Å². The molecule has 11 heteroatoms. The molecule has 0 saturated heterocycles. The number of sulfone groups is 1. The molecule has 37 heavy (non-hydrogen) atoms. The van der Waals surface area contributed by atoms with E-state index in [4.69, 9.17) is 21.4 Å². The molecular weight excluding hydrogens is 524 g/mol. The van der Waals surface area contributed by atoms with Crippen LogP contribution in [0.3, 0.4) is 0 Å². The lowest BCUT2D eigenvalue weighted by Crippen LogP contribution is -2.33. The van der Waals surface area contributed by atoms with E-state index in [1.54, 1.807) is 25.3 Å². The van der Waals surface area contributed by atoms with Crippen LogP contribution in [0.1, 0.15) is 31.7 Å². The van der Waals surface area contributed by atoms with Crippen LogP contribution >= 0.6 is 11.6 Å². The SMILES string of the molecule is CCS(=O)(=O)C1=CCCC(c2ccc(OCCCN(CCO)CC(F)F)c3[nH]c4ncc(Cl)cc4c23)=C1. The number of nitrogens with zero attached hydrogens (tertiary/aromatic N) is 2. The minimum atomic E-state index is -3.34. The summed E-state index contributed by atoms with van der Waals surface area (Å²) in [5, 5.41) is 11.2. The number of aromatic amines is 1. The first kappa shape index (κ1) is 27.5. The number of aliphatic hydroxyl groups is 1. The van der Waals surface area contributed by atoms with Crippen LogP contribution in [0.25, 0.3) is 27.5 Å². The molecule has 1 aromatic carbocycles. The van der Waals surface area contributed by atoms with Crippen molar-refractivity contribution in [3.63, 3.8) is 0 Å². The summed E-state index contributed by atoms with van der Waals surface area (Å²) >= 11 is 6.26. The molecule has 1 aliphatic rings. The number of nitrogens with one attached hydrogen (secondary N) is 1. The molecule has 0 aliphatic heterocycles. The summed E-state index contributed by atoms with van der Waals surface area (Å²) in [6.45, 7) is 1.88. The summed E-state index contributed by atoms with van der Waals surface area (Å²) in [7, 11) is -3.34. The lowest BCUT2D eigenvalue weighted by molar-refractivity contribution is 0.0754. The Morgan fingerprint density at radius 1 is 1.30 bits per heavy atom. The molecule has 200 valence electrons. The summed E-state index contributed by atoms with van der Waals surface area (Å²) in [5.41, 5.74) is 3.10. The quantitative estimate of drug-likeness (QED) is 0.300. The van der Waals surface area contributed by atoms with Gasteiger partial charge in [-0.1, -0.05) is 30.7 Å². The van der Waals surface area contributed by atoms with Gasteiger partial charge in [0.25, 0.3) is 6.43 Å². The van der Waals surface area contributed by atoms with Crippen molar-refractivity contribution >= 4 is 48.9 Å². The highest BCUT2D eigenvalue weighted by Gasteiger charge is 2.22. The average molecular weight is 554 g/mol. The van der Waals surface area contributed by atoms with Crippen molar-refractivity contribution in [2.24, 2.45) is 0 Å². The van der Waals surface area contributed by atoms with E-state index in [1.807, 2.05) is 18.2 Å². The van der Waals surface area contributed by atoms with Gasteiger partial charge in [0, 0.05) is 30.1 Å². The molecule has 0 amide bonds. The maximum absolute atomic E-state index is 12.8. The Bertz CT molecular complexity index is 1440. The van der Waals surface area contributed by atoms with Crippen LogP contribution in [0, 0.1) is 0 Å². The van der Waals surface area contributed by atoms with Gasteiger partial charge < -0.3 is 14.8 Å². The standard InChI is InChI=1S/C26H30ClF2N3O4S/c1-2-37(34,35)19-6-3-5-17(13-19)20-7-8-22(36-12-4-9-32(10-11-33)16-23(28)29)25-24(20)21-14-18(27)15-30-26(21)31-25/h6-8,13-15,23,33H,2-5,9-12,16H2,1H3,(H,30,31). The molecule has 0 spiro atoms. The van der Waals surface area contributed by atoms with E-state index < -0.39 is 22.8 Å². The van der Waals surface area contributed by atoms with E-state index in [0.717, 1.165) is 21.9 Å². The monoisotopic (exact) mass is 553 g/mol. The highest BCUT2D eigenvalue weighted by Crippen LogP contribution is 2.40. The number of allylic oxidation sites excluding steroid dienone is 3. The van der Waals surface area contributed by atoms with Gasteiger partial charge >= 0.3 is 0 Å². The molecule has 1 aliphatic carbocycles. The van der Waals surface area contributed by atoms with E-state index in [0.29, 0.717) is 52.6 Å². The molecule has 3 aromatic rings. The zero-order chi connectivity index (χ0) is 26.6. The molecule has 0 bridgehead atoms. The maximum atomic E-state index is 12.8. The van der Waals surface area contributed by atoms with Gasteiger partial charge in [-0.25, -0.2) is 22.2 Å². The minimum absolute atomic E-state index is 0.0322. The molecule has 0 unspecified atom stereocenters. The number of benzene rings is 1. The zero-order valence-electron chi connectivity index (χ0n) is 20.5. The van der Waals surface area contributed by atoms with E-state index >= 15 is 0 Å². The van der Waals surface area contributed by atoms with Gasteiger partial charge in [0.2, 0.25) is 0 Å². The number of aromatic nitrogens is 2. The largest absolute Gasteiger partial charge is 0.491 e. The first-order valence-corrected chi connectivity index (χ1v) is 14.2. The smallest absolute Gasteiger partial charge is 0.251 e. The number of hydrogen-bond donors (Lipinski definition) is 2. The van der Waals surface area contributed by atoms with Gasteiger partial charge in [0.15, 0.2) is 9.84 Å². The topological polar surface area (TPSA) is 95.5 Å². The second-order valence-electron chi connectivity index (χ2n) is 8.87. The Kier molecular flexibility index (Phi) is 8.84. The van der Waals surface area contributed by atoms with Gasteiger partial charge in [-0.2, -0.15) is 0 Å². The lowest BCUT2D eigenvalue weighted by atomic mass is 9.93. The van der Waals surface area contributed by atoms with E-state index in [2.05, 4.69) is 9.97 Å². The molecule has 0 atom stereocenters. The fourth-order valence-electron chi connectivity index (χ4n) is 4.59. The van der Waals surface area contributed by atoms with Crippen LogP contribution in [0.5, 0.6) is 5.75 Å². The van der Waals surface area contributed by atoms with Crippen molar-refractivity contribution < 1.29 is 27.0 Å². The van der Waals surface area contributed by atoms with Crippen LogP contribution in [0.2, 0.25) is 5.02 Å². The minimum Gasteiger partial charge on any atom is -0.491 e. The van der Waals surface area contributed by atoms with Crippen LogP contribution in [0.15, 0.2) is 41.5 Å². The summed E-state index contributed by atoms with van der Waals surface area (Å²) < 4.78 is 56.6. The van der Waals surface area contributed by atoms with Crippen LogP contribution in [-0.4, -0.2) is 73.4 Å². The molecule has 4 rings (SSSR count). The molecule has 0 fully saturated rings. The summed E-state index contributed by atoms with van der Waals surface area (Å²) in [5.74, 6) is 0.605. The number of H-pyrrole nitrogens is 1. The van der Waals surface area contributed by atoms with Crippen molar-refractivity contribution in [2.75, 3.05) is 38.6 Å². The van der Waals surface area contributed by atoms with E-state index in [9.17, 15) is 17.2 Å². The third-order valence-electron chi connectivity index (χ3n) is 6.38. The number of alkyl halides is 2. The van der Waals surface area contributed by atoms with Gasteiger partial charge in [0.05, 0.1) is 41.0 Å². The highest BCUT2D eigenvalue weighted by molar-refractivity contribution is 7.95. The third kappa shape index (κ3) is 6.31. The van der Waals surface area contributed by atoms with Crippen LogP contribution in [-0.2, 0) is 9.84 Å². The third-order valence-corrected chi connectivity index (χ3v) is 8.35. The molecule has 7 nitrogen and oxygen atoms in total. The Balaban J connectivity index is 1.67. The molecule has 2 heterocycles. The maximum Gasteiger partial charge on any atom is 0.251 e. The van der Waals surface area contributed by atoms with Crippen LogP contribution < -0.4 is 4.74 Å². The number of pyridine rings is 1. The van der Waals surface area contributed by atoms with Crippen molar-refractivity contribution in [3.05, 3.63) is 52.0 Å². The molecular formula is C26H30ClF2N3O4S. The zero-order valence-corrected chi connectivity index (χ0v) is 22.1. The Morgan fingerprint density at radius 3 is 2.84 bits per heavy atom. The van der Waals surface area contributed by atoms with E-state index in [-0.39, 0.29) is 25.5 Å². The van der Waals surface area contributed by atoms with E-state index in [1.165, 1.54) is 4.90 Å². The van der Waals surface area contributed by atoms with Gasteiger partial charge in [-0.3, -0.25) is 4.90 Å². The first-order chi connectivity index (χ1) is 17.7. The summed E-state index contributed by atoms with van der Waals surface area (Å²) in [6.07, 6.45) is 4.38. The number of halogens is 3. The summed E-state index contributed by atoms with van der Waals surface area (Å²) in [4.78, 5) is 9.55. The average Bonchev–Trinajstić information content (AvgIpc) is 3.25. The number of hydrogen-bond acceptors (Lipinski definition) is 6. The highest BCUT2D eigenvalue weighted by atomic mass is 35.5. The second-order valence-corrected chi connectivity index (χ2v) is 11.6. The second kappa shape index (κ2) is 11.9. The van der Waals surface area contributed by atoms with Gasteiger partial charge in [-0.15, -0.1) is 0 Å². The number of aliphatic hydroxyl groups excluding tert-OH is 1. The molecule has 2 N–H and O–H groups in total. The number of ether oxygens (including phenoxy) is 1. The Morgan fingerprint density at radius 2 is 2.11 bits per heavy atom.